The van der Waals surface area contributed by atoms with Crippen molar-refractivity contribution in [1.82, 2.24) is 4.98 Å². The number of esters is 1. The molecule has 1 N–H and O–H groups in total. The van der Waals surface area contributed by atoms with Crippen LogP contribution in [0.4, 0.5) is 15.0 Å². The Kier molecular flexibility index (Phi) is 4.39. The lowest BCUT2D eigenvalue weighted by molar-refractivity contribution is 0.0599. The molecule has 130 valence electrons. The number of aromatic nitrogens is 1. The molecule has 0 unspecified atom stereocenters. The molecule has 6 nitrogen and oxygen atoms in total. The van der Waals surface area contributed by atoms with E-state index in [4.69, 9.17) is 9.47 Å². The summed E-state index contributed by atoms with van der Waals surface area (Å²) in [4.78, 5) is 28.5. The summed E-state index contributed by atoms with van der Waals surface area (Å²) in [5.74, 6) is -0.694. The fourth-order valence-corrected chi connectivity index (χ4v) is 2.82. The van der Waals surface area contributed by atoms with Crippen LogP contribution >= 0.6 is 0 Å². The van der Waals surface area contributed by atoms with E-state index < -0.39 is 12.1 Å². The van der Waals surface area contributed by atoms with Crippen LogP contribution in [0.3, 0.4) is 0 Å². The number of nitrogens with one attached hydrogen (secondary N) is 1. The molecule has 1 aromatic carbocycles. The second-order valence-corrected chi connectivity index (χ2v) is 5.93. The number of carbonyl (C=O) groups is 2. The Morgan fingerprint density at radius 3 is 2.60 bits per heavy atom. The standard InChI is InChI=1S/C18H17FN2O4/c1-9(2)15-14(17(22)24-3)13(10-4-6-11(19)7-5-10)12-8-25-18(23)21-16(12)20-15/h4-7,9H,8H2,1-3H3,(H,20,21,23). The van der Waals surface area contributed by atoms with Crippen molar-refractivity contribution in [3.63, 3.8) is 0 Å². The summed E-state index contributed by atoms with van der Waals surface area (Å²) in [5, 5.41) is 2.56. The molecule has 0 bridgehead atoms. The number of pyridine rings is 1. The number of amides is 1. The highest BCUT2D eigenvalue weighted by Crippen LogP contribution is 2.38. The van der Waals surface area contributed by atoms with Gasteiger partial charge >= 0.3 is 12.1 Å². The first-order valence-corrected chi connectivity index (χ1v) is 7.77. The number of rotatable bonds is 3. The van der Waals surface area contributed by atoms with Crippen LogP contribution in [0.5, 0.6) is 0 Å². The van der Waals surface area contributed by atoms with Gasteiger partial charge in [-0.25, -0.2) is 19.0 Å². The molecule has 2 heterocycles. The van der Waals surface area contributed by atoms with E-state index in [0.717, 1.165) is 0 Å². The first-order chi connectivity index (χ1) is 11.9. The van der Waals surface area contributed by atoms with Gasteiger partial charge in [0.05, 0.1) is 18.4 Å². The monoisotopic (exact) mass is 344 g/mol. The lowest BCUT2D eigenvalue weighted by Crippen LogP contribution is -2.25. The van der Waals surface area contributed by atoms with Gasteiger partial charge in [0.2, 0.25) is 0 Å². The van der Waals surface area contributed by atoms with Crippen LogP contribution in [0.2, 0.25) is 0 Å². The van der Waals surface area contributed by atoms with Crippen molar-refractivity contribution in [3.8, 4) is 11.1 Å². The molecule has 0 atom stereocenters. The van der Waals surface area contributed by atoms with Gasteiger partial charge in [-0.05, 0) is 23.6 Å². The summed E-state index contributed by atoms with van der Waals surface area (Å²) in [5.41, 5.74) is 2.48. The van der Waals surface area contributed by atoms with E-state index in [1.807, 2.05) is 13.8 Å². The van der Waals surface area contributed by atoms with Crippen LogP contribution < -0.4 is 5.32 Å². The second kappa shape index (κ2) is 6.51. The van der Waals surface area contributed by atoms with Crippen LogP contribution in [-0.4, -0.2) is 24.2 Å². The molecular formula is C18H17FN2O4. The molecule has 7 heteroatoms. The lowest BCUT2D eigenvalue weighted by atomic mass is 9.90. The van der Waals surface area contributed by atoms with Gasteiger partial charge in [0.15, 0.2) is 0 Å². The van der Waals surface area contributed by atoms with Crippen molar-refractivity contribution >= 4 is 17.9 Å². The molecule has 1 amide bonds. The van der Waals surface area contributed by atoms with Crippen LogP contribution in [0.1, 0.15) is 41.4 Å². The van der Waals surface area contributed by atoms with Gasteiger partial charge in [0.25, 0.3) is 0 Å². The van der Waals surface area contributed by atoms with Gasteiger partial charge in [0, 0.05) is 11.1 Å². The summed E-state index contributed by atoms with van der Waals surface area (Å²) < 4.78 is 23.3. The molecule has 2 aromatic rings. The Morgan fingerprint density at radius 1 is 1.32 bits per heavy atom. The first kappa shape index (κ1) is 16.9. The summed E-state index contributed by atoms with van der Waals surface area (Å²) in [6.07, 6.45) is -0.606. The number of nitrogens with zero attached hydrogens (tertiary/aromatic N) is 1. The van der Waals surface area contributed by atoms with E-state index in [2.05, 4.69) is 10.3 Å². The Labute approximate surface area is 144 Å². The zero-order valence-corrected chi connectivity index (χ0v) is 14.1. The molecule has 0 fully saturated rings. The molecule has 0 aliphatic carbocycles. The van der Waals surface area contributed by atoms with Gasteiger partial charge in [-0.15, -0.1) is 0 Å². The fourth-order valence-electron chi connectivity index (χ4n) is 2.82. The van der Waals surface area contributed by atoms with Crippen molar-refractivity contribution in [1.29, 1.82) is 0 Å². The molecule has 1 aromatic heterocycles. The normalized spacial score (nSPS) is 13.1. The van der Waals surface area contributed by atoms with E-state index in [0.29, 0.717) is 33.8 Å². The Balaban J connectivity index is 2.36. The number of methoxy groups -OCH3 is 1. The largest absolute Gasteiger partial charge is 0.465 e. The predicted molar refractivity (Wildman–Crippen MR) is 88.9 cm³/mol. The summed E-state index contributed by atoms with van der Waals surface area (Å²) in [6, 6.07) is 5.75. The summed E-state index contributed by atoms with van der Waals surface area (Å²) in [7, 11) is 1.29. The van der Waals surface area contributed by atoms with Crippen LogP contribution in [-0.2, 0) is 16.1 Å². The fraction of sp³-hybridized carbons (Fsp3) is 0.278. The maximum absolute atomic E-state index is 13.3. The van der Waals surface area contributed by atoms with E-state index in [-0.39, 0.29) is 18.3 Å². The number of ether oxygens (including phenoxy) is 2. The third-order valence-electron chi connectivity index (χ3n) is 3.96. The van der Waals surface area contributed by atoms with E-state index >= 15 is 0 Å². The molecule has 0 saturated heterocycles. The van der Waals surface area contributed by atoms with Crippen molar-refractivity contribution in [2.75, 3.05) is 12.4 Å². The summed E-state index contributed by atoms with van der Waals surface area (Å²) in [6.45, 7) is 3.73. The number of fused-ring (bicyclic) bond motifs is 1. The maximum atomic E-state index is 13.3. The van der Waals surface area contributed by atoms with Crippen molar-refractivity contribution in [2.24, 2.45) is 0 Å². The molecular weight excluding hydrogens is 327 g/mol. The van der Waals surface area contributed by atoms with Gasteiger partial charge in [-0.3, -0.25) is 5.32 Å². The molecule has 1 aliphatic rings. The molecule has 25 heavy (non-hydrogen) atoms. The van der Waals surface area contributed by atoms with Gasteiger partial charge < -0.3 is 9.47 Å². The number of anilines is 1. The molecule has 3 rings (SSSR count). The smallest absolute Gasteiger partial charge is 0.413 e. The Morgan fingerprint density at radius 2 is 2.00 bits per heavy atom. The molecule has 0 spiro atoms. The minimum atomic E-state index is -0.606. The van der Waals surface area contributed by atoms with E-state index in [1.165, 1.54) is 19.2 Å². The first-order valence-electron chi connectivity index (χ1n) is 7.77. The average molecular weight is 344 g/mol. The van der Waals surface area contributed by atoms with E-state index in [9.17, 15) is 14.0 Å². The highest BCUT2D eigenvalue weighted by atomic mass is 19.1. The van der Waals surface area contributed by atoms with Crippen molar-refractivity contribution in [2.45, 2.75) is 26.4 Å². The Bertz CT molecular complexity index is 847. The van der Waals surface area contributed by atoms with Crippen molar-refractivity contribution in [3.05, 3.63) is 46.9 Å². The SMILES string of the molecule is COC(=O)c1c(C(C)C)nc2c(c1-c1ccc(F)cc1)COC(=O)N2. The van der Waals surface area contributed by atoms with E-state index in [1.54, 1.807) is 12.1 Å². The Hall–Kier alpha value is -2.96. The van der Waals surface area contributed by atoms with Crippen LogP contribution in [0.25, 0.3) is 11.1 Å². The number of carbonyl (C=O) groups excluding carboxylic acids is 2. The average Bonchev–Trinajstić information content (AvgIpc) is 2.60. The number of hydrogen-bond acceptors (Lipinski definition) is 5. The lowest BCUT2D eigenvalue weighted by Gasteiger charge is -2.24. The van der Waals surface area contributed by atoms with Crippen LogP contribution in [0, 0.1) is 5.82 Å². The molecule has 1 aliphatic heterocycles. The predicted octanol–water partition coefficient (Wildman–Crippen LogP) is 3.86. The highest BCUT2D eigenvalue weighted by Gasteiger charge is 2.30. The highest BCUT2D eigenvalue weighted by molar-refractivity contribution is 6.02. The quantitative estimate of drug-likeness (QED) is 0.856. The minimum Gasteiger partial charge on any atom is -0.465 e. The van der Waals surface area contributed by atoms with Crippen molar-refractivity contribution < 1.29 is 23.5 Å². The van der Waals surface area contributed by atoms with Gasteiger partial charge in [0.1, 0.15) is 18.2 Å². The van der Waals surface area contributed by atoms with Gasteiger partial charge in [-0.2, -0.15) is 0 Å². The number of hydrogen-bond donors (Lipinski definition) is 1. The molecule has 0 radical (unpaired) electrons. The second-order valence-electron chi connectivity index (χ2n) is 5.93. The topological polar surface area (TPSA) is 77.5 Å². The zero-order valence-electron chi connectivity index (χ0n) is 14.1. The molecule has 0 saturated carbocycles. The number of benzene rings is 1. The van der Waals surface area contributed by atoms with Gasteiger partial charge in [-0.1, -0.05) is 26.0 Å². The zero-order chi connectivity index (χ0) is 18.1. The summed E-state index contributed by atoms with van der Waals surface area (Å²) >= 11 is 0. The van der Waals surface area contributed by atoms with Crippen LogP contribution in [0.15, 0.2) is 24.3 Å². The third kappa shape index (κ3) is 3.05. The number of halogens is 1. The minimum absolute atomic E-state index is 0.0384. The third-order valence-corrected chi connectivity index (χ3v) is 3.96. The maximum Gasteiger partial charge on any atom is 0.413 e. The number of cyclic esters (lactones) is 1.